The van der Waals surface area contributed by atoms with E-state index in [4.69, 9.17) is 4.74 Å². The molecule has 0 aliphatic heterocycles. The summed E-state index contributed by atoms with van der Waals surface area (Å²) in [5.41, 5.74) is 1.48. The van der Waals surface area contributed by atoms with E-state index < -0.39 is 0 Å². The van der Waals surface area contributed by atoms with Crippen LogP contribution in [0.2, 0.25) is 0 Å². The van der Waals surface area contributed by atoms with E-state index in [1.165, 1.54) is 0 Å². The van der Waals surface area contributed by atoms with Gasteiger partial charge in [-0.1, -0.05) is 17.3 Å². The Morgan fingerprint density at radius 2 is 2.29 bits per heavy atom. The summed E-state index contributed by atoms with van der Waals surface area (Å²) in [5.74, 6) is 0.639. The number of para-hydroxylation sites is 1. The van der Waals surface area contributed by atoms with Crippen molar-refractivity contribution in [2.24, 2.45) is 7.05 Å². The second-order valence-corrected chi connectivity index (χ2v) is 4.41. The van der Waals surface area contributed by atoms with Crippen molar-refractivity contribution in [3.8, 4) is 5.75 Å². The van der Waals surface area contributed by atoms with Crippen LogP contribution in [0.15, 0.2) is 28.9 Å². The number of aromatic nitrogens is 3. The summed E-state index contributed by atoms with van der Waals surface area (Å²) in [6.45, 7) is 0.263. The van der Waals surface area contributed by atoms with E-state index in [-0.39, 0.29) is 6.61 Å². The lowest BCUT2D eigenvalue weighted by atomic mass is 10.2. The van der Waals surface area contributed by atoms with Crippen molar-refractivity contribution in [2.45, 2.75) is 13.2 Å². The van der Waals surface area contributed by atoms with Crippen LogP contribution in [-0.4, -0.2) is 20.1 Å². The zero-order chi connectivity index (χ0) is 12.3. The van der Waals surface area contributed by atoms with Gasteiger partial charge in [-0.2, -0.15) is 0 Å². The molecule has 2 aromatic rings. The van der Waals surface area contributed by atoms with Crippen LogP contribution in [-0.2, 0) is 20.3 Å². The summed E-state index contributed by atoms with van der Waals surface area (Å²) in [6.07, 6.45) is 1.79. The molecule has 0 spiro atoms. The lowest BCUT2D eigenvalue weighted by molar-refractivity contribution is 0.256. The second kappa shape index (κ2) is 5.29. The maximum absolute atomic E-state index is 9.21. The van der Waals surface area contributed by atoms with E-state index in [9.17, 15) is 5.11 Å². The average Bonchev–Trinajstić information content (AvgIpc) is 2.73. The highest BCUT2D eigenvalue weighted by Crippen LogP contribution is 2.29. The molecule has 0 bridgehead atoms. The minimum Gasteiger partial charge on any atom is -0.486 e. The fraction of sp³-hybridized carbons (Fsp3) is 0.273. The SMILES string of the molecule is Cn1cc(COc2c(Br)cccc2CO)nn1. The third kappa shape index (κ3) is 2.83. The van der Waals surface area contributed by atoms with Crippen molar-refractivity contribution in [3.63, 3.8) is 0 Å². The van der Waals surface area contributed by atoms with Crippen molar-refractivity contribution < 1.29 is 9.84 Å². The van der Waals surface area contributed by atoms with Crippen LogP contribution in [0.3, 0.4) is 0 Å². The maximum atomic E-state index is 9.21. The molecule has 90 valence electrons. The van der Waals surface area contributed by atoms with Crippen molar-refractivity contribution in [3.05, 3.63) is 40.1 Å². The van der Waals surface area contributed by atoms with Gasteiger partial charge in [0.25, 0.3) is 0 Å². The molecule has 1 heterocycles. The van der Waals surface area contributed by atoms with Crippen LogP contribution in [0.5, 0.6) is 5.75 Å². The second-order valence-electron chi connectivity index (χ2n) is 3.56. The van der Waals surface area contributed by atoms with Gasteiger partial charge in [-0.3, -0.25) is 4.68 Å². The topological polar surface area (TPSA) is 60.2 Å². The molecule has 1 N–H and O–H groups in total. The highest BCUT2D eigenvalue weighted by Gasteiger charge is 2.08. The van der Waals surface area contributed by atoms with Crippen LogP contribution >= 0.6 is 15.9 Å². The number of benzene rings is 1. The molecule has 0 saturated heterocycles. The lowest BCUT2D eigenvalue weighted by Gasteiger charge is -2.10. The smallest absolute Gasteiger partial charge is 0.139 e. The third-order valence-electron chi connectivity index (χ3n) is 2.23. The number of hydrogen-bond acceptors (Lipinski definition) is 4. The van der Waals surface area contributed by atoms with E-state index in [1.54, 1.807) is 17.9 Å². The quantitative estimate of drug-likeness (QED) is 0.932. The Balaban J connectivity index is 2.13. The standard InChI is InChI=1S/C11H12BrN3O2/c1-15-5-9(13-14-15)7-17-11-8(6-16)3-2-4-10(11)12/h2-5,16H,6-7H2,1H3. The number of rotatable bonds is 4. The van der Waals surface area contributed by atoms with Crippen LogP contribution < -0.4 is 4.74 Å². The summed E-state index contributed by atoms with van der Waals surface area (Å²) in [5, 5.41) is 17.0. The molecule has 0 saturated carbocycles. The Hall–Kier alpha value is -1.40. The van der Waals surface area contributed by atoms with Gasteiger partial charge in [0.2, 0.25) is 0 Å². The molecule has 0 amide bonds. The Morgan fingerprint density at radius 1 is 1.47 bits per heavy atom. The number of halogens is 1. The van der Waals surface area contributed by atoms with Gasteiger partial charge >= 0.3 is 0 Å². The molecule has 1 aromatic heterocycles. The first kappa shape index (κ1) is 12.1. The number of nitrogens with zero attached hydrogens (tertiary/aromatic N) is 3. The zero-order valence-electron chi connectivity index (χ0n) is 9.30. The molecule has 17 heavy (non-hydrogen) atoms. The molecule has 0 atom stereocenters. The minimum absolute atomic E-state index is 0.0603. The molecule has 0 fully saturated rings. The monoisotopic (exact) mass is 297 g/mol. The van der Waals surface area contributed by atoms with Crippen molar-refractivity contribution in [1.82, 2.24) is 15.0 Å². The highest BCUT2D eigenvalue weighted by molar-refractivity contribution is 9.10. The average molecular weight is 298 g/mol. The van der Waals surface area contributed by atoms with E-state index >= 15 is 0 Å². The Labute approximate surface area is 107 Å². The zero-order valence-corrected chi connectivity index (χ0v) is 10.9. The molecule has 6 heteroatoms. The number of aliphatic hydroxyl groups excluding tert-OH is 1. The van der Waals surface area contributed by atoms with E-state index in [2.05, 4.69) is 26.2 Å². The van der Waals surface area contributed by atoms with Gasteiger partial charge in [0.1, 0.15) is 18.1 Å². The van der Waals surface area contributed by atoms with Gasteiger partial charge in [0.15, 0.2) is 0 Å². The highest BCUT2D eigenvalue weighted by atomic mass is 79.9. The van der Waals surface area contributed by atoms with Crippen molar-refractivity contribution >= 4 is 15.9 Å². The van der Waals surface area contributed by atoms with Crippen LogP contribution in [0, 0.1) is 0 Å². The summed E-state index contributed by atoms with van der Waals surface area (Å²) < 4.78 is 8.07. The van der Waals surface area contributed by atoms with E-state index in [1.807, 2.05) is 18.2 Å². The predicted octanol–water partition coefficient (Wildman–Crippen LogP) is 1.65. The summed E-state index contributed by atoms with van der Waals surface area (Å²) in [4.78, 5) is 0. The van der Waals surface area contributed by atoms with Gasteiger partial charge in [-0.05, 0) is 22.0 Å². The molecule has 1 aromatic carbocycles. The summed E-state index contributed by atoms with van der Waals surface area (Å²) >= 11 is 3.39. The first-order valence-corrected chi connectivity index (χ1v) is 5.86. The van der Waals surface area contributed by atoms with Gasteiger partial charge in [-0.15, -0.1) is 5.10 Å². The van der Waals surface area contributed by atoms with Crippen LogP contribution in [0.25, 0.3) is 0 Å². The molecule has 0 aliphatic rings. The van der Waals surface area contributed by atoms with Crippen LogP contribution in [0.1, 0.15) is 11.3 Å². The fourth-order valence-electron chi connectivity index (χ4n) is 1.45. The molecular formula is C11H12BrN3O2. The molecule has 2 rings (SSSR count). The predicted molar refractivity (Wildman–Crippen MR) is 65.4 cm³/mol. The molecule has 0 radical (unpaired) electrons. The number of aliphatic hydroxyl groups is 1. The van der Waals surface area contributed by atoms with E-state index in [0.717, 1.165) is 15.7 Å². The fourth-order valence-corrected chi connectivity index (χ4v) is 1.97. The largest absolute Gasteiger partial charge is 0.486 e. The molecule has 0 unspecified atom stereocenters. The Kier molecular flexibility index (Phi) is 3.75. The van der Waals surface area contributed by atoms with Gasteiger partial charge in [0.05, 0.1) is 17.3 Å². The molecular weight excluding hydrogens is 286 g/mol. The van der Waals surface area contributed by atoms with Gasteiger partial charge < -0.3 is 9.84 Å². The lowest BCUT2D eigenvalue weighted by Crippen LogP contribution is -2.00. The summed E-state index contributed by atoms with van der Waals surface area (Å²) in [6, 6.07) is 5.53. The number of hydrogen-bond donors (Lipinski definition) is 1. The third-order valence-corrected chi connectivity index (χ3v) is 2.86. The van der Waals surface area contributed by atoms with Crippen molar-refractivity contribution in [2.75, 3.05) is 0 Å². The number of aryl methyl sites for hydroxylation is 1. The normalized spacial score (nSPS) is 10.5. The van der Waals surface area contributed by atoms with Crippen LogP contribution in [0.4, 0.5) is 0 Å². The first-order chi connectivity index (χ1) is 8.20. The minimum atomic E-state index is -0.0603. The Morgan fingerprint density at radius 3 is 2.94 bits per heavy atom. The molecule has 5 nitrogen and oxygen atoms in total. The van der Waals surface area contributed by atoms with E-state index in [0.29, 0.717) is 12.4 Å². The molecule has 0 aliphatic carbocycles. The van der Waals surface area contributed by atoms with Gasteiger partial charge in [0, 0.05) is 12.6 Å². The maximum Gasteiger partial charge on any atom is 0.139 e. The summed E-state index contributed by atoms with van der Waals surface area (Å²) in [7, 11) is 1.80. The van der Waals surface area contributed by atoms with Gasteiger partial charge in [-0.25, -0.2) is 0 Å². The number of ether oxygens (including phenoxy) is 1. The Bertz CT molecular complexity index is 513. The van der Waals surface area contributed by atoms with Crippen molar-refractivity contribution in [1.29, 1.82) is 0 Å². The first-order valence-electron chi connectivity index (χ1n) is 5.07.